The van der Waals surface area contributed by atoms with Gasteiger partial charge in [-0.15, -0.1) is 0 Å². The van der Waals surface area contributed by atoms with Crippen molar-refractivity contribution in [2.75, 3.05) is 26.2 Å². The second-order valence-corrected chi connectivity index (χ2v) is 7.61. The van der Waals surface area contributed by atoms with Crippen molar-refractivity contribution in [3.8, 4) is 0 Å². The topological polar surface area (TPSA) is 78.8 Å². The van der Waals surface area contributed by atoms with Crippen molar-refractivity contribution >= 4 is 17.7 Å². The summed E-state index contributed by atoms with van der Waals surface area (Å²) in [5.41, 5.74) is 0.739. The second kappa shape index (κ2) is 7.79. The Balaban J connectivity index is 1.41. The average Bonchev–Trinajstić information content (AvgIpc) is 3.12. The minimum atomic E-state index is -0.816. The molecule has 2 aliphatic heterocycles. The van der Waals surface area contributed by atoms with Crippen LogP contribution in [0.3, 0.4) is 0 Å². The molecule has 1 atom stereocenters. The molecule has 3 heterocycles. The summed E-state index contributed by atoms with van der Waals surface area (Å²) < 4.78 is 2.00. The molecule has 2 aliphatic rings. The smallest absolute Gasteiger partial charge is 0.262 e. The molecule has 1 aromatic heterocycles. The number of hydrogen-bond acceptors (Lipinski definition) is 5. The minimum absolute atomic E-state index is 0.182. The fraction of sp³-hybridized carbons (Fsp3) is 0.429. The van der Waals surface area contributed by atoms with Crippen LogP contribution in [0.1, 0.15) is 39.9 Å². The monoisotopic (exact) mass is 395 g/mol. The summed E-state index contributed by atoms with van der Waals surface area (Å²) in [4.78, 5) is 48.0. The predicted octanol–water partition coefficient (Wildman–Crippen LogP) is 1.14. The first-order chi connectivity index (χ1) is 14.0. The van der Waals surface area contributed by atoms with Crippen LogP contribution in [0.5, 0.6) is 0 Å². The number of aromatic nitrogens is 2. The Kier molecular flexibility index (Phi) is 5.19. The van der Waals surface area contributed by atoms with Gasteiger partial charge in [0.05, 0.1) is 17.7 Å². The molecule has 0 radical (unpaired) electrons. The van der Waals surface area contributed by atoms with E-state index in [9.17, 15) is 14.4 Å². The van der Waals surface area contributed by atoms with Gasteiger partial charge in [-0.2, -0.15) is 0 Å². The zero-order valence-corrected chi connectivity index (χ0v) is 16.7. The maximum absolute atomic E-state index is 13.1. The first-order valence-corrected chi connectivity index (χ1v) is 9.91. The summed E-state index contributed by atoms with van der Waals surface area (Å²) in [5, 5.41) is 0. The number of aryl methyl sites for hydroxylation is 1. The van der Waals surface area contributed by atoms with Crippen molar-refractivity contribution in [1.29, 1.82) is 0 Å². The van der Waals surface area contributed by atoms with Crippen LogP contribution in [-0.2, 0) is 18.4 Å². The molecule has 1 fully saturated rings. The summed E-state index contributed by atoms with van der Waals surface area (Å²) in [6.45, 7) is 5.16. The van der Waals surface area contributed by atoms with Gasteiger partial charge in [0.1, 0.15) is 11.9 Å². The van der Waals surface area contributed by atoms with Gasteiger partial charge in [-0.25, -0.2) is 4.98 Å². The molecule has 0 aliphatic carbocycles. The average molecular weight is 395 g/mol. The molecule has 8 nitrogen and oxygen atoms in total. The minimum Gasteiger partial charge on any atom is -0.340 e. The van der Waals surface area contributed by atoms with Gasteiger partial charge >= 0.3 is 0 Å². The normalized spacial score (nSPS) is 18.7. The predicted molar refractivity (Wildman–Crippen MR) is 106 cm³/mol. The number of nitrogens with zero attached hydrogens (tertiary/aromatic N) is 5. The summed E-state index contributed by atoms with van der Waals surface area (Å²) >= 11 is 0. The van der Waals surface area contributed by atoms with E-state index < -0.39 is 17.9 Å². The number of hydrogen-bond donors (Lipinski definition) is 0. The number of rotatable bonds is 4. The summed E-state index contributed by atoms with van der Waals surface area (Å²) in [6.07, 6.45) is 4.55. The van der Waals surface area contributed by atoms with Crippen molar-refractivity contribution < 1.29 is 14.4 Å². The lowest BCUT2D eigenvalue weighted by molar-refractivity contribution is -0.134. The Bertz CT molecular complexity index is 918. The van der Waals surface area contributed by atoms with E-state index >= 15 is 0 Å². The van der Waals surface area contributed by atoms with E-state index in [1.54, 1.807) is 42.3 Å². The molecule has 29 heavy (non-hydrogen) atoms. The molecule has 0 N–H and O–H groups in total. The van der Waals surface area contributed by atoms with E-state index in [-0.39, 0.29) is 5.91 Å². The third-order valence-corrected chi connectivity index (χ3v) is 5.76. The first-order valence-electron chi connectivity index (χ1n) is 9.91. The summed E-state index contributed by atoms with van der Waals surface area (Å²) in [7, 11) is 1.97. The quantitative estimate of drug-likeness (QED) is 0.726. The van der Waals surface area contributed by atoms with Crippen molar-refractivity contribution in [3.05, 3.63) is 53.6 Å². The summed E-state index contributed by atoms with van der Waals surface area (Å²) in [6, 6.07) is 5.90. The van der Waals surface area contributed by atoms with Gasteiger partial charge in [-0.1, -0.05) is 12.1 Å². The largest absolute Gasteiger partial charge is 0.340 e. The van der Waals surface area contributed by atoms with Gasteiger partial charge in [0.25, 0.3) is 11.8 Å². The fourth-order valence-electron chi connectivity index (χ4n) is 4.03. The van der Waals surface area contributed by atoms with Crippen molar-refractivity contribution in [2.24, 2.45) is 7.05 Å². The molecular weight excluding hydrogens is 370 g/mol. The van der Waals surface area contributed by atoms with Gasteiger partial charge in [-0.3, -0.25) is 24.2 Å². The lowest BCUT2D eigenvalue weighted by atomic mass is 10.1. The Morgan fingerprint density at radius 2 is 1.76 bits per heavy atom. The number of carbonyl (C=O) groups is 3. The standard InChI is InChI=1S/C21H25N5O3/c1-15(26-20(28)16-6-3-4-7-17(16)21(26)29)19(27)25-10-5-9-24(12-13-25)14-18-22-8-11-23(18)2/h3-4,6-8,11,15H,5,9-10,12-14H2,1-2H3. The number of imide groups is 1. The Hall–Kier alpha value is -3.00. The van der Waals surface area contributed by atoms with E-state index in [2.05, 4.69) is 9.88 Å². The Labute approximate surface area is 169 Å². The third-order valence-electron chi connectivity index (χ3n) is 5.76. The van der Waals surface area contributed by atoms with Crippen LogP contribution in [0, 0.1) is 0 Å². The highest BCUT2D eigenvalue weighted by Gasteiger charge is 2.41. The molecule has 8 heteroatoms. The van der Waals surface area contributed by atoms with Crippen molar-refractivity contribution in [1.82, 2.24) is 24.3 Å². The highest BCUT2D eigenvalue weighted by Crippen LogP contribution is 2.25. The number of imidazole rings is 1. The molecule has 152 valence electrons. The fourth-order valence-corrected chi connectivity index (χ4v) is 4.03. The van der Waals surface area contributed by atoms with Gasteiger partial charge < -0.3 is 9.47 Å². The van der Waals surface area contributed by atoms with Crippen molar-refractivity contribution in [3.63, 3.8) is 0 Å². The van der Waals surface area contributed by atoms with Crippen LogP contribution in [0.2, 0.25) is 0 Å². The van der Waals surface area contributed by atoms with E-state index in [1.807, 2.05) is 17.8 Å². The number of carbonyl (C=O) groups excluding carboxylic acids is 3. The highest BCUT2D eigenvalue weighted by molar-refractivity contribution is 6.22. The van der Waals surface area contributed by atoms with Gasteiger partial charge in [-0.05, 0) is 25.5 Å². The van der Waals surface area contributed by atoms with Crippen molar-refractivity contribution in [2.45, 2.75) is 25.9 Å². The molecule has 0 bridgehead atoms. The van der Waals surface area contributed by atoms with Crippen LogP contribution in [0.4, 0.5) is 0 Å². The maximum atomic E-state index is 13.1. The number of amides is 3. The Morgan fingerprint density at radius 1 is 1.07 bits per heavy atom. The van der Waals surface area contributed by atoms with Gasteiger partial charge in [0.2, 0.25) is 5.91 Å². The van der Waals surface area contributed by atoms with E-state index in [1.165, 1.54) is 0 Å². The van der Waals surface area contributed by atoms with E-state index in [0.29, 0.717) is 24.2 Å². The summed E-state index contributed by atoms with van der Waals surface area (Å²) in [5.74, 6) is 0.0258. The maximum Gasteiger partial charge on any atom is 0.262 e. The lowest BCUT2D eigenvalue weighted by Crippen LogP contribution is -2.50. The molecule has 3 amide bonds. The second-order valence-electron chi connectivity index (χ2n) is 7.61. The lowest BCUT2D eigenvalue weighted by Gasteiger charge is -2.28. The molecule has 4 rings (SSSR count). The zero-order valence-electron chi connectivity index (χ0n) is 16.7. The van der Waals surface area contributed by atoms with Crippen LogP contribution < -0.4 is 0 Å². The molecule has 0 saturated carbocycles. The Morgan fingerprint density at radius 3 is 2.38 bits per heavy atom. The molecule has 0 spiro atoms. The number of fused-ring (bicyclic) bond motifs is 1. The molecule has 1 unspecified atom stereocenters. The highest BCUT2D eigenvalue weighted by atomic mass is 16.2. The van der Waals surface area contributed by atoms with Crippen LogP contribution >= 0.6 is 0 Å². The third kappa shape index (κ3) is 3.55. The molecule has 1 saturated heterocycles. The molecular formula is C21H25N5O3. The van der Waals surface area contributed by atoms with Gasteiger partial charge in [0, 0.05) is 45.6 Å². The van der Waals surface area contributed by atoms with Crippen LogP contribution in [0.25, 0.3) is 0 Å². The van der Waals surface area contributed by atoms with Gasteiger partial charge in [0.15, 0.2) is 0 Å². The first kappa shape index (κ1) is 19.3. The van der Waals surface area contributed by atoms with E-state index in [0.717, 1.165) is 36.8 Å². The van der Waals surface area contributed by atoms with Crippen LogP contribution in [-0.4, -0.2) is 74.2 Å². The zero-order chi connectivity index (χ0) is 20.5. The van der Waals surface area contributed by atoms with E-state index in [4.69, 9.17) is 0 Å². The van der Waals surface area contributed by atoms with Crippen LogP contribution in [0.15, 0.2) is 36.7 Å². The number of benzene rings is 1. The molecule has 1 aromatic carbocycles. The SMILES string of the molecule is CC(C(=O)N1CCCN(Cc2nccn2C)CC1)N1C(=O)c2ccccc2C1=O. The molecule has 2 aromatic rings.